The van der Waals surface area contributed by atoms with E-state index in [2.05, 4.69) is 10.3 Å². The van der Waals surface area contributed by atoms with Gasteiger partial charge in [-0.25, -0.2) is 13.6 Å². The summed E-state index contributed by atoms with van der Waals surface area (Å²) in [6.45, 7) is 0.967. The van der Waals surface area contributed by atoms with Crippen molar-refractivity contribution in [3.63, 3.8) is 0 Å². The zero-order valence-electron chi connectivity index (χ0n) is 15.1. The predicted molar refractivity (Wildman–Crippen MR) is 101 cm³/mol. The third-order valence-corrected chi connectivity index (χ3v) is 5.11. The summed E-state index contributed by atoms with van der Waals surface area (Å²) in [5.41, 5.74) is 2.42. The molecule has 28 heavy (non-hydrogen) atoms. The van der Waals surface area contributed by atoms with Crippen molar-refractivity contribution in [3.05, 3.63) is 64.9 Å². The van der Waals surface area contributed by atoms with E-state index in [0.717, 1.165) is 35.4 Å². The van der Waals surface area contributed by atoms with Gasteiger partial charge in [-0.1, -0.05) is 0 Å². The number of fused-ring (bicyclic) bond motifs is 2. The molecular weight excluding hydrogens is 366 g/mol. The number of aromatic carboxylic acids is 1. The van der Waals surface area contributed by atoms with Crippen molar-refractivity contribution in [3.8, 4) is 5.75 Å². The van der Waals surface area contributed by atoms with Gasteiger partial charge in [-0.2, -0.15) is 0 Å². The van der Waals surface area contributed by atoms with Crippen molar-refractivity contribution >= 4 is 16.9 Å². The molecule has 4 rings (SSSR count). The summed E-state index contributed by atoms with van der Waals surface area (Å²) in [6.07, 6.45) is 3.89. The fourth-order valence-corrected chi connectivity index (χ4v) is 3.72. The van der Waals surface area contributed by atoms with E-state index in [-0.39, 0.29) is 29.8 Å². The Bertz CT molecular complexity index is 1030. The van der Waals surface area contributed by atoms with Crippen molar-refractivity contribution in [2.24, 2.45) is 0 Å². The molecule has 1 atom stereocenters. The lowest BCUT2D eigenvalue weighted by Gasteiger charge is -2.27. The van der Waals surface area contributed by atoms with Crippen molar-refractivity contribution in [1.29, 1.82) is 0 Å². The summed E-state index contributed by atoms with van der Waals surface area (Å²) < 4.78 is 32.8. The molecule has 0 bridgehead atoms. The Morgan fingerprint density at radius 2 is 2.14 bits per heavy atom. The zero-order valence-corrected chi connectivity index (χ0v) is 15.1. The molecule has 0 saturated heterocycles. The molecule has 0 aliphatic carbocycles. The van der Waals surface area contributed by atoms with Crippen LogP contribution in [0.1, 0.15) is 27.9 Å². The predicted octanol–water partition coefficient (Wildman–Crippen LogP) is 3.67. The van der Waals surface area contributed by atoms with Gasteiger partial charge in [0.25, 0.3) is 0 Å². The van der Waals surface area contributed by atoms with E-state index in [9.17, 15) is 18.7 Å². The number of H-pyrrole nitrogens is 1. The molecule has 0 amide bonds. The second-order valence-electron chi connectivity index (χ2n) is 6.98. The molecule has 1 unspecified atom stereocenters. The van der Waals surface area contributed by atoms with Gasteiger partial charge in [0.15, 0.2) is 11.6 Å². The number of carboxylic acids is 1. The van der Waals surface area contributed by atoms with Gasteiger partial charge in [-0.3, -0.25) is 0 Å². The molecule has 2 aromatic carbocycles. The average Bonchev–Trinajstić information content (AvgIpc) is 3.07. The lowest BCUT2D eigenvalue weighted by molar-refractivity contribution is 0.0693. The SMILES string of the molecule is O=C(O)c1ccc(F)c2c1CC(NCCCc1c[nH]c3ccc(F)cc13)CO2. The highest BCUT2D eigenvalue weighted by Crippen LogP contribution is 2.31. The van der Waals surface area contributed by atoms with Crippen LogP contribution in [0, 0.1) is 11.6 Å². The van der Waals surface area contributed by atoms with E-state index in [1.807, 2.05) is 6.20 Å². The molecule has 0 spiro atoms. The fourth-order valence-electron chi connectivity index (χ4n) is 3.72. The maximum Gasteiger partial charge on any atom is 0.336 e. The zero-order chi connectivity index (χ0) is 19.7. The van der Waals surface area contributed by atoms with Crippen LogP contribution in [0.15, 0.2) is 36.5 Å². The highest BCUT2D eigenvalue weighted by atomic mass is 19.1. The van der Waals surface area contributed by atoms with Crippen LogP contribution in [0.3, 0.4) is 0 Å². The highest BCUT2D eigenvalue weighted by Gasteiger charge is 2.27. The second-order valence-corrected chi connectivity index (χ2v) is 6.98. The Labute approximate surface area is 160 Å². The number of benzene rings is 2. The number of aromatic amines is 1. The lowest BCUT2D eigenvalue weighted by atomic mass is 9.96. The van der Waals surface area contributed by atoms with Crippen LogP contribution in [-0.4, -0.2) is 35.3 Å². The quantitative estimate of drug-likeness (QED) is 0.565. The van der Waals surface area contributed by atoms with Gasteiger partial charge in [-0.05, 0) is 61.7 Å². The number of ether oxygens (including phenoxy) is 1. The van der Waals surface area contributed by atoms with Crippen LogP contribution in [0.4, 0.5) is 8.78 Å². The minimum absolute atomic E-state index is 0.0405. The minimum Gasteiger partial charge on any atom is -0.489 e. The molecule has 0 fully saturated rings. The van der Waals surface area contributed by atoms with Crippen LogP contribution < -0.4 is 10.1 Å². The maximum atomic E-state index is 13.9. The molecule has 5 nitrogen and oxygen atoms in total. The van der Waals surface area contributed by atoms with E-state index >= 15 is 0 Å². The Hall–Kier alpha value is -2.93. The number of nitrogens with one attached hydrogen (secondary N) is 2. The summed E-state index contributed by atoms with van der Waals surface area (Å²) in [7, 11) is 0. The average molecular weight is 386 g/mol. The number of hydrogen-bond donors (Lipinski definition) is 3. The van der Waals surface area contributed by atoms with Gasteiger partial charge < -0.3 is 20.1 Å². The third kappa shape index (κ3) is 3.57. The Kier molecular flexibility index (Phi) is 5.00. The van der Waals surface area contributed by atoms with Crippen molar-refractivity contribution in [2.75, 3.05) is 13.2 Å². The maximum absolute atomic E-state index is 13.9. The standard InChI is InChI=1S/C21H20F2N2O3/c22-13-3-6-19-16(8-13)12(10-25-19)2-1-7-24-14-9-17-15(21(26)27)4-5-18(23)20(17)28-11-14/h3-6,8,10,14,24-25H,1-2,7,9,11H2,(H,26,27). The van der Waals surface area contributed by atoms with E-state index in [4.69, 9.17) is 4.74 Å². The van der Waals surface area contributed by atoms with Crippen molar-refractivity contribution in [1.82, 2.24) is 10.3 Å². The summed E-state index contributed by atoms with van der Waals surface area (Å²) in [6, 6.07) is 7.00. The molecule has 7 heteroatoms. The van der Waals surface area contributed by atoms with Crippen LogP contribution in [0.25, 0.3) is 10.9 Å². The summed E-state index contributed by atoms with van der Waals surface area (Å²) >= 11 is 0. The highest BCUT2D eigenvalue weighted by molar-refractivity contribution is 5.90. The molecule has 2 heterocycles. The number of hydrogen-bond acceptors (Lipinski definition) is 3. The molecule has 1 aromatic heterocycles. The van der Waals surface area contributed by atoms with E-state index in [1.165, 1.54) is 18.2 Å². The van der Waals surface area contributed by atoms with Crippen LogP contribution in [0.5, 0.6) is 5.75 Å². The van der Waals surface area contributed by atoms with E-state index < -0.39 is 11.8 Å². The monoisotopic (exact) mass is 386 g/mol. The van der Waals surface area contributed by atoms with Gasteiger partial charge in [-0.15, -0.1) is 0 Å². The summed E-state index contributed by atoms with van der Waals surface area (Å²) in [5, 5.41) is 13.5. The third-order valence-electron chi connectivity index (χ3n) is 5.11. The van der Waals surface area contributed by atoms with Gasteiger partial charge >= 0.3 is 5.97 Å². The number of halogens is 2. The van der Waals surface area contributed by atoms with Gasteiger partial charge in [0.05, 0.1) is 5.56 Å². The van der Waals surface area contributed by atoms with E-state index in [1.54, 1.807) is 6.07 Å². The molecule has 1 aliphatic rings. The molecular formula is C21H20F2N2O3. The first-order chi connectivity index (χ1) is 13.5. The first kappa shape index (κ1) is 18.4. The van der Waals surface area contributed by atoms with Crippen LogP contribution >= 0.6 is 0 Å². The fraction of sp³-hybridized carbons (Fsp3) is 0.286. The number of aryl methyl sites for hydroxylation is 1. The van der Waals surface area contributed by atoms with Gasteiger partial charge in [0, 0.05) is 28.7 Å². The smallest absolute Gasteiger partial charge is 0.336 e. The summed E-state index contributed by atoms with van der Waals surface area (Å²) in [4.78, 5) is 14.5. The van der Waals surface area contributed by atoms with Gasteiger partial charge in [0.2, 0.25) is 0 Å². The number of carbonyl (C=O) groups is 1. The summed E-state index contributed by atoms with van der Waals surface area (Å²) in [5.74, 6) is -1.85. The topological polar surface area (TPSA) is 74.4 Å². The number of carboxylic acid groups (broad SMARTS) is 1. The van der Waals surface area contributed by atoms with Crippen LogP contribution in [-0.2, 0) is 12.8 Å². The Balaban J connectivity index is 1.36. The van der Waals surface area contributed by atoms with Gasteiger partial charge in [0.1, 0.15) is 12.4 Å². The Morgan fingerprint density at radius 3 is 2.96 bits per heavy atom. The Morgan fingerprint density at radius 1 is 1.29 bits per heavy atom. The van der Waals surface area contributed by atoms with Crippen molar-refractivity contribution in [2.45, 2.75) is 25.3 Å². The molecule has 146 valence electrons. The molecule has 3 aromatic rings. The molecule has 3 N–H and O–H groups in total. The first-order valence-corrected chi connectivity index (χ1v) is 9.19. The lowest BCUT2D eigenvalue weighted by Crippen LogP contribution is -2.40. The molecule has 1 aliphatic heterocycles. The van der Waals surface area contributed by atoms with Crippen LogP contribution in [0.2, 0.25) is 0 Å². The second kappa shape index (κ2) is 7.59. The molecule has 0 saturated carbocycles. The first-order valence-electron chi connectivity index (χ1n) is 9.19. The normalized spacial score (nSPS) is 16.0. The largest absolute Gasteiger partial charge is 0.489 e. The van der Waals surface area contributed by atoms with E-state index in [0.29, 0.717) is 18.5 Å². The molecule has 0 radical (unpaired) electrons. The number of rotatable bonds is 6. The number of aromatic nitrogens is 1. The minimum atomic E-state index is -1.09. The van der Waals surface area contributed by atoms with Crippen molar-refractivity contribution < 1.29 is 23.4 Å².